The number of phenols is 1. The third kappa shape index (κ3) is 5.47. The molecule has 0 bridgehead atoms. The first kappa shape index (κ1) is 21.1. The summed E-state index contributed by atoms with van der Waals surface area (Å²) in [6, 6.07) is 6.08. The fraction of sp³-hybridized carbons (Fsp3) is 0.571. The first-order valence-corrected chi connectivity index (χ1v) is 10.3. The summed E-state index contributed by atoms with van der Waals surface area (Å²) in [4.78, 5) is 14.5. The van der Waals surface area contributed by atoms with Crippen molar-refractivity contribution >= 4 is 5.91 Å². The summed E-state index contributed by atoms with van der Waals surface area (Å²) in [5.41, 5.74) is 1.23. The van der Waals surface area contributed by atoms with Crippen molar-refractivity contribution in [1.82, 2.24) is 25.2 Å². The number of amides is 1. The number of phenolic OH excluding ortho intramolecular Hbond substituents is 1. The Balaban J connectivity index is 1.61. The van der Waals surface area contributed by atoms with Crippen LogP contribution in [-0.2, 0) is 13.1 Å². The molecule has 1 aromatic carbocycles. The van der Waals surface area contributed by atoms with Gasteiger partial charge >= 0.3 is 0 Å². The van der Waals surface area contributed by atoms with Crippen molar-refractivity contribution < 1.29 is 14.6 Å². The number of hydrogen-bond donors (Lipinski definition) is 2. The molecule has 158 valence electrons. The lowest BCUT2D eigenvalue weighted by Gasteiger charge is -2.36. The molecule has 0 spiro atoms. The first-order valence-electron chi connectivity index (χ1n) is 10.3. The van der Waals surface area contributed by atoms with E-state index in [1.807, 2.05) is 26.0 Å². The highest BCUT2D eigenvalue weighted by Gasteiger charge is 2.24. The van der Waals surface area contributed by atoms with Gasteiger partial charge in [0.25, 0.3) is 5.91 Å². The van der Waals surface area contributed by atoms with E-state index in [2.05, 4.69) is 20.5 Å². The third-order valence-electron chi connectivity index (χ3n) is 5.31. The molecule has 1 amide bonds. The van der Waals surface area contributed by atoms with Gasteiger partial charge in [0.2, 0.25) is 0 Å². The Morgan fingerprint density at radius 3 is 2.97 bits per heavy atom. The maximum atomic E-state index is 12.0. The van der Waals surface area contributed by atoms with Gasteiger partial charge in [0.1, 0.15) is 0 Å². The Labute approximate surface area is 171 Å². The second-order valence-electron chi connectivity index (χ2n) is 7.87. The minimum atomic E-state index is -0.195. The van der Waals surface area contributed by atoms with E-state index in [1.165, 1.54) is 6.42 Å². The van der Waals surface area contributed by atoms with Crippen LogP contribution in [0.15, 0.2) is 24.4 Å². The molecule has 0 aliphatic carbocycles. The lowest BCUT2D eigenvalue weighted by molar-refractivity contribution is 0.0938. The van der Waals surface area contributed by atoms with Gasteiger partial charge in [-0.05, 0) is 45.7 Å². The predicted octanol–water partition coefficient (Wildman–Crippen LogP) is 2.58. The van der Waals surface area contributed by atoms with Gasteiger partial charge in [-0.25, -0.2) is 0 Å². The van der Waals surface area contributed by atoms with Crippen LogP contribution in [0.25, 0.3) is 0 Å². The maximum absolute atomic E-state index is 12.0. The number of carbonyl (C=O) groups is 1. The van der Waals surface area contributed by atoms with Crippen LogP contribution >= 0.6 is 0 Å². The fourth-order valence-corrected chi connectivity index (χ4v) is 3.80. The lowest BCUT2D eigenvalue weighted by Crippen LogP contribution is -2.39. The zero-order valence-electron chi connectivity index (χ0n) is 17.5. The Hall–Kier alpha value is -2.61. The first-order chi connectivity index (χ1) is 14.0. The van der Waals surface area contributed by atoms with Crippen LogP contribution in [0.3, 0.4) is 0 Å². The van der Waals surface area contributed by atoms with Crippen molar-refractivity contribution in [2.75, 3.05) is 13.7 Å². The van der Waals surface area contributed by atoms with Gasteiger partial charge in [0.05, 0.1) is 13.3 Å². The highest BCUT2D eigenvalue weighted by Crippen LogP contribution is 2.32. The van der Waals surface area contributed by atoms with Gasteiger partial charge < -0.3 is 15.2 Å². The van der Waals surface area contributed by atoms with Crippen molar-refractivity contribution in [2.24, 2.45) is 0 Å². The number of nitrogens with one attached hydrogen (secondary N) is 1. The molecule has 0 unspecified atom stereocenters. The molecule has 2 N–H and O–H groups in total. The van der Waals surface area contributed by atoms with Crippen molar-refractivity contribution in [3.05, 3.63) is 35.7 Å². The number of aryl methyl sites for hydroxylation is 1. The van der Waals surface area contributed by atoms with Crippen LogP contribution in [0.1, 0.15) is 55.6 Å². The molecule has 2 aromatic rings. The number of ether oxygens (including phenoxy) is 1. The molecule has 0 saturated carbocycles. The van der Waals surface area contributed by atoms with Crippen LogP contribution < -0.4 is 10.1 Å². The van der Waals surface area contributed by atoms with Gasteiger partial charge in [-0.3, -0.25) is 14.4 Å². The van der Waals surface area contributed by atoms with E-state index in [0.717, 1.165) is 31.4 Å². The number of rotatable bonds is 8. The summed E-state index contributed by atoms with van der Waals surface area (Å²) in [6.45, 7) is 6.22. The van der Waals surface area contributed by atoms with Gasteiger partial charge in [-0.2, -0.15) is 0 Å². The van der Waals surface area contributed by atoms with E-state index < -0.39 is 0 Å². The van der Waals surface area contributed by atoms with Crippen LogP contribution in [-0.4, -0.2) is 56.6 Å². The van der Waals surface area contributed by atoms with Crippen LogP contribution in [0, 0.1) is 0 Å². The molecule has 1 atom stereocenters. The number of para-hydroxylation sites is 1. The summed E-state index contributed by atoms with van der Waals surface area (Å²) in [5.74, 6) is 0.529. The number of carbonyl (C=O) groups excluding carboxylic acids is 1. The SMILES string of the molecule is COc1cccc(CN2CCCC[C@@H]2CCn2cc(C(=O)NC(C)C)nn2)c1O. The van der Waals surface area contributed by atoms with E-state index in [0.29, 0.717) is 30.6 Å². The fourth-order valence-electron chi connectivity index (χ4n) is 3.80. The average Bonchev–Trinajstić information content (AvgIpc) is 3.18. The number of aromatic nitrogens is 3. The smallest absolute Gasteiger partial charge is 0.273 e. The molecule has 1 aliphatic heterocycles. The number of methoxy groups -OCH3 is 1. The molecule has 1 aromatic heterocycles. The molecule has 2 heterocycles. The molecule has 8 heteroatoms. The molecule has 1 aliphatic rings. The highest BCUT2D eigenvalue weighted by atomic mass is 16.5. The summed E-state index contributed by atoms with van der Waals surface area (Å²) >= 11 is 0. The van der Waals surface area contributed by atoms with Crippen LogP contribution in [0.2, 0.25) is 0 Å². The monoisotopic (exact) mass is 401 g/mol. The van der Waals surface area contributed by atoms with E-state index in [4.69, 9.17) is 4.74 Å². The number of aromatic hydroxyl groups is 1. The van der Waals surface area contributed by atoms with E-state index in [9.17, 15) is 9.90 Å². The van der Waals surface area contributed by atoms with Crippen molar-refractivity contribution in [3.63, 3.8) is 0 Å². The largest absolute Gasteiger partial charge is 0.504 e. The minimum absolute atomic E-state index is 0.0662. The molecular formula is C21H31N5O3. The van der Waals surface area contributed by atoms with E-state index in [1.54, 1.807) is 24.1 Å². The van der Waals surface area contributed by atoms with Gasteiger partial charge in [0.15, 0.2) is 17.2 Å². The molecule has 1 saturated heterocycles. The van der Waals surface area contributed by atoms with Crippen molar-refractivity contribution in [2.45, 2.75) is 64.7 Å². The second kappa shape index (κ2) is 9.73. The normalized spacial score (nSPS) is 17.4. The number of piperidine rings is 1. The van der Waals surface area contributed by atoms with Crippen LogP contribution in [0.4, 0.5) is 0 Å². The topological polar surface area (TPSA) is 92.5 Å². The van der Waals surface area contributed by atoms with Gasteiger partial charge in [0, 0.05) is 30.7 Å². The minimum Gasteiger partial charge on any atom is -0.504 e. The molecule has 1 fully saturated rings. The maximum Gasteiger partial charge on any atom is 0.273 e. The number of nitrogens with zero attached hydrogens (tertiary/aromatic N) is 4. The quantitative estimate of drug-likeness (QED) is 0.706. The number of likely N-dealkylation sites (tertiary alicyclic amines) is 1. The summed E-state index contributed by atoms with van der Waals surface area (Å²) in [5, 5.41) is 21.3. The highest BCUT2D eigenvalue weighted by molar-refractivity contribution is 5.91. The lowest BCUT2D eigenvalue weighted by atomic mass is 9.98. The molecular weight excluding hydrogens is 370 g/mol. The Kier molecular flexibility index (Phi) is 7.09. The van der Waals surface area contributed by atoms with E-state index >= 15 is 0 Å². The average molecular weight is 402 g/mol. The predicted molar refractivity (Wildman–Crippen MR) is 110 cm³/mol. The Morgan fingerprint density at radius 2 is 2.21 bits per heavy atom. The molecule has 3 rings (SSSR count). The number of benzene rings is 1. The van der Waals surface area contributed by atoms with Gasteiger partial charge in [-0.1, -0.05) is 23.8 Å². The van der Waals surface area contributed by atoms with Gasteiger partial charge in [-0.15, -0.1) is 5.10 Å². The molecule has 8 nitrogen and oxygen atoms in total. The summed E-state index contributed by atoms with van der Waals surface area (Å²) in [6.07, 6.45) is 6.09. The van der Waals surface area contributed by atoms with E-state index in [-0.39, 0.29) is 17.7 Å². The zero-order chi connectivity index (χ0) is 20.8. The Morgan fingerprint density at radius 1 is 1.38 bits per heavy atom. The molecule has 29 heavy (non-hydrogen) atoms. The summed E-state index contributed by atoms with van der Waals surface area (Å²) < 4.78 is 6.97. The Bertz CT molecular complexity index is 820. The standard InChI is InChI=1S/C21H31N5O3/c1-15(2)22-21(28)18-14-26(24-23-18)12-10-17-8-4-5-11-25(17)13-16-7-6-9-19(29-3)20(16)27/h6-7,9,14-15,17,27H,4-5,8,10-13H2,1-3H3,(H,22,28)/t17-/m1/s1. The number of hydrogen-bond acceptors (Lipinski definition) is 6. The van der Waals surface area contributed by atoms with Crippen molar-refractivity contribution in [3.8, 4) is 11.5 Å². The third-order valence-corrected chi connectivity index (χ3v) is 5.31. The van der Waals surface area contributed by atoms with Crippen molar-refractivity contribution in [1.29, 1.82) is 0 Å². The second-order valence-corrected chi connectivity index (χ2v) is 7.87. The zero-order valence-corrected chi connectivity index (χ0v) is 17.5. The molecule has 0 radical (unpaired) electrons. The van der Waals surface area contributed by atoms with Crippen LogP contribution in [0.5, 0.6) is 11.5 Å². The summed E-state index contributed by atoms with van der Waals surface area (Å²) in [7, 11) is 1.57.